The molecule has 2 aliphatic heterocycles. The fraction of sp³-hybridized carbons (Fsp3) is 0.360. The third kappa shape index (κ3) is 4.08. The molecule has 2 heterocycles. The zero-order valence-corrected chi connectivity index (χ0v) is 18.9. The van der Waals surface area contributed by atoms with Gasteiger partial charge in [0.15, 0.2) is 11.5 Å². The topological polar surface area (TPSA) is 94.5 Å². The van der Waals surface area contributed by atoms with Gasteiger partial charge in [0.2, 0.25) is 0 Å². The van der Waals surface area contributed by atoms with Crippen LogP contribution in [0, 0.1) is 0 Å². The van der Waals surface area contributed by atoms with Gasteiger partial charge in [0.1, 0.15) is 30.5 Å². The lowest BCUT2D eigenvalue weighted by Crippen LogP contribution is -2.30. The van der Waals surface area contributed by atoms with E-state index in [1.54, 1.807) is 36.4 Å². The summed E-state index contributed by atoms with van der Waals surface area (Å²) in [4.78, 5) is 27.7. The van der Waals surface area contributed by atoms with E-state index in [0.717, 1.165) is 12.8 Å². The molecule has 0 bridgehead atoms. The molecule has 174 valence electrons. The summed E-state index contributed by atoms with van der Waals surface area (Å²) in [5.74, 6) is 0.272. The van der Waals surface area contributed by atoms with Gasteiger partial charge in [0.05, 0.1) is 31.4 Å². The number of benzene rings is 2. The molecule has 33 heavy (non-hydrogen) atoms. The molecular formula is C25H27NO7. The van der Waals surface area contributed by atoms with Gasteiger partial charge in [-0.3, -0.25) is 9.59 Å². The average molecular weight is 453 g/mol. The SMILES string of the molecule is CCCCN1C(=O)C(=O)/C(=C(/O)c2cc(OC)ccc2OC)C1c1ccc2c(c1)OCCO2. The van der Waals surface area contributed by atoms with Crippen LogP contribution in [0.15, 0.2) is 42.0 Å². The smallest absolute Gasteiger partial charge is 0.295 e. The molecule has 1 N–H and O–H groups in total. The number of unbranched alkanes of at least 4 members (excludes halogenated alkanes) is 1. The van der Waals surface area contributed by atoms with Crippen LogP contribution in [0.3, 0.4) is 0 Å². The number of likely N-dealkylation sites (tertiary alicyclic amines) is 1. The number of aliphatic hydroxyl groups excluding tert-OH is 1. The van der Waals surface area contributed by atoms with Gasteiger partial charge >= 0.3 is 0 Å². The quantitative estimate of drug-likeness (QED) is 0.388. The average Bonchev–Trinajstić information content (AvgIpc) is 3.11. The number of nitrogens with zero attached hydrogens (tertiary/aromatic N) is 1. The maximum Gasteiger partial charge on any atom is 0.295 e. The highest BCUT2D eigenvalue weighted by Crippen LogP contribution is 2.44. The predicted octanol–water partition coefficient (Wildman–Crippen LogP) is 3.70. The molecule has 0 spiro atoms. The lowest BCUT2D eigenvalue weighted by atomic mass is 9.94. The zero-order chi connectivity index (χ0) is 23.5. The lowest BCUT2D eigenvalue weighted by Gasteiger charge is -2.27. The van der Waals surface area contributed by atoms with E-state index < -0.39 is 17.7 Å². The molecule has 1 fully saturated rings. The Balaban J connectivity index is 1.89. The van der Waals surface area contributed by atoms with Gasteiger partial charge in [-0.2, -0.15) is 0 Å². The summed E-state index contributed by atoms with van der Waals surface area (Å²) in [6.07, 6.45) is 1.57. The van der Waals surface area contributed by atoms with Crippen LogP contribution < -0.4 is 18.9 Å². The molecule has 2 aliphatic rings. The van der Waals surface area contributed by atoms with Gasteiger partial charge in [0, 0.05) is 6.54 Å². The number of hydrogen-bond donors (Lipinski definition) is 1. The Morgan fingerprint density at radius 1 is 1.06 bits per heavy atom. The molecular weight excluding hydrogens is 426 g/mol. The number of carbonyl (C=O) groups is 2. The molecule has 8 nitrogen and oxygen atoms in total. The second-order valence-electron chi connectivity index (χ2n) is 7.82. The molecule has 0 aromatic heterocycles. The molecule has 1 unspecified atom stereocenters. The van der Waals surface area contributed by atoms with Crippen LogP contribution in [0.1, 0.15) is 36.9 Å². The number of aliphatic hydroxyl groups is 1. The summed E-state index contributed by atoms with van der Waals surface area (Å²) in [7, 11) is 2.97. The lowest BCUT2D eigenvalue weighted by molar-refractivity contribution is -0.139. The Labute approximate surface area is 192 Å². The largest absolute Gasteiger partial charge is 0.507 e. The maximum atomic E-state index is 13.2. The van der Waals surface area contributed by atoms with Gasteiger partial charge in [-0.1, -0.05) is 19.4 Å². The highest BCUT2D eigenvalue weighted by atomic mass is 16.6. The van der Waals surface area contributed by atoms with Crippen LogP contribution in [-0.4, -0.2) is 55.7 Å². The van der Waals surface area contributed by atoms with Crippen molar-refractivity contribution in [2.45, 2.75) is 25.8 Å². The van der Waals surface area contributed by atoms with Crippen molar-refractivity contribution in [1.29, 1.82) is 0 Å². The number of Topliss-reactive ketones (excluding diaryl/α,β-unsaturated/α-hetero) is 1. The zero-order valence-electron chi connectivity index (χ0n) is 18.9. The first-order chi connectivity index (χ1) is 16.0. The van der Waals surface area contributed by atoms with Crippen molar-refractivity contribution < 1.29 is 33.6 Å². The standard InChI is InChI=1S/C25H27NO7/c1-4-5-10-26-22(15-6-8-19-20(13-15)33-12-11-32-19)21(24(28)25(26)29)23(27)17-14-16(30-2)7-9-18(17)31-3/h6-9,13-14,22,27H,4-5,10-12H2,1-3H3/b23-21+. The second-order valence-corrected chi connectivity index (χ2v) is 7.82. The molecule has 0 aliphatic carbocycles. The highest BCUT2D eigenvalue weighted by molar-refractivity contribution is 6.46. The van der Waals surface area contributed by atoms with Crippen molar-refractivity contribution in [3.05, 3.63) is 53.1 Å². The van der Waals surface area contributed by atoms with Crippen LogP contribution in [0.2, 0.25) is 0 Å². The van der Waals surface area contributed by atoms with E-state index >= 15 is 0 Å². The molecule has 1 amide bonds. The van der Waals surface area contributed by atoms with Crippen molar-refractivity contribution in [2.75, 3.05) is 34.0 Å². The molecule has 2 aromatic rings. The van der Waals surface area contributed by atoms with Crippen LogP contribution in [0.5, 0.6) is 23.0 Å². The fourth-order valence-corrected chi connectivity index (χ4v) is 4.16. The van der Waals surface area contributed by atoms with Crippen molar-refractivity contribution in [3.8, 4) is 23.0 Å². The van der Waals surface area contributed by atoms with Gasteiger partial charge in [-0.25, -0.2) is 0 Å². The molecule has 0 saturated carbocycles. The number of methoxy groups -OCH3 is 2. The van der Waals surface area contributed by atoms with E-state index in [1.807, 2.05) is 6.92 Å². The molecule has 4 rings (SSSR count). The van der Waals surface area contributed by atoms with E-state index in [9.17, 15) is 14.7 Å². The summed E-state index contributed by atoms with van der Waals surface area (Å²) < 4.78 is 22.0. The summed E-state index contributed by atoms with van der Waals surface area (Å²) in [6, 6.07) is 9.44. The van der Waals surface area contributed by atoms with Crippen molar-refractivity contribution in [3.63, 3.8) is 0 Å². The van der Waals surface area contributed by atoms with E-state index in [1.165, 1.54) is 19.1 Å². The van der Waals surface area contributed by atoms with E-state index in [0.29, 0.717) is 48.3 Å². The monoisotopic (exact) mass is 453 g/mol. The van der Waals surface area contributed by atoms with Gasteiger partial charge in [0.25, 0.3) is 11.7 Å². The summed E-state index contributed by atoms with van der Waals surface area (Å²) >= 11 is 0. The molecule has 0 radical (unpaired) electrons. The fourth-order valence-electron chi connectivity index (χ4n) is 4.16. The van der Waals surface area contributed by atoms with Crippen LogP contribution in [0.25, 0.3) is 5.76 Å². The highest BCUT2D eigenvalue weighted by Gasteiger charge is 2.46. The summed E-state index contributed by atoms with van der Waals surface area (Å²) in [5, 5.41) is 11.3. The Hall–Kier alpha value is -3.68. The molecule has 8 heteroatoms. The van der Waals surface area contributed by atoms with E-state index in [4.69, 9.17) is 18.9 Å². The molecule has 1 saturated heterocycles. The minimum atomic E-state index is -0.775. The minimum Gasteiger partial charge on any atom is -0.507 e. The maximum absolute atomic E-state index is 13.2. The van der Waals surface area contributed by atoms with Crippen molar-refractivity contribution in [1.82, 2.24) is 4.90 Å². The predicted molar refractivity (Wildman–Crippen MR) is 121 cm³/mol. The van der Waals surface area contributed by atoms with Crippen molar-refractivity contribution in [2.24, 2.45) is 0 Å². The van der Waals surface area contributed by atoms with Crippen LogP contribution >= 0.6 is 0 Å². The first kappa shape index (κ1) is 22.5. The normalized spacial score (nSPS) is 19.0. The number of hydrogen-bond acceptors (Lipinski definition) is 7. The summed E-state index contributed by atoms with van der Waals surface area (Å²) in [6.45, 7) is 3.26. The second kappa shape index (κ2) is 9.44. The van der Waals surface area contributed by atoms with Gasteiger partial charge in [-0.15, -0.1) is 0 Å². The number of ketones is 1. The van der Waals surface area contributed by atoms with E-state index in [-0.39, 0.29) is 16.9 Å². The van der Waals surface area contributed by atoms with Crippen LogP contribution in [-0.2, 0) is 9.59 Å². The number of ether oxygens (including phenoxy) is 4. The number of amides is 1. The number of fused-ring (bicyclic) bond motifs is 1. The third-order valence-corrected chi connectivity index (χ3v) is 5.84. The Morgan fingerprint density at radius 3 is 2.52 bits per heavy atom. The Morgan fingerprint density at radius 2 is 1.82 bits per heavy atom. The third-order valence-electron chi connectivity index (χ3n) is 5.84. The van der Waals surface area contributed by atoms with Crippen molar-refractivity contribution >= 4 is 17.4 Å². The Kier molecular flexibility index (Phi) is 6.44. The van der Waals surface area contributed by atoms with Gasteiger partial charge in [-0.05, 0) is 42.3 Å². The van der Waals surface area contributed by atoms with E-state index in [2.05, 4.69) is 0 Å². The first-order valence-electron chi connectivity index (χ1n) is 10.9. The number of rotatable bonds is 7. The van der Waals surface area contributed by atoms with Crippen LogP contribution in [0.4, 0.5) is 0 Å². The van der Waals surface area contributed by atoms with Gasteiger partial charge < -0.3 is 29.0 Å². The first-order valence-corrected chi connectivity index (χ1v) is 10.9. The Bertz CT molecular complexity index is 1110. The molecule has 1 atom stereocenters. The molecule has 2 aromatic carbocycles. The minimum absolute atomic E-state index is 0.000617. The summed E-state index contributed by atoms with van der Waals surface area (Å²) in [5.41, 5.74) is 0.921. The number of carbonyl (C=O) groups excluding carboxylic acids is 2.